The largest absolute Gasteiger partial charge is 0.309 e. The second-order valence-electron chi connectivity index (χ2n) is 6.74. The Balaban J connectivity index is 2.13. The maximum absolute atomic E-state index is 10.3. The Bertz CT molecular complexity index is 677. The molecule has 0 heterocycles. The molecule has 0 amide bonds. The van der Waals surface area contributed by atoms with E-state index >= 15 is 0 Å². The van der Waals surface area contributed by atoms with E-state index in [2.05, 4.69) is 73.6 Å². The summed E-state index contributed by atoms with van der Waals surface area (Å²) in [5.74, 6) is 0. The van der Waals surface area contributed by atoms with Gasteiger partial charge in [-0.25, -0.2) is 0 Å². The third-order valence-corrected chi connectivity index (χ3v) is 4.97. The van der Waals surface area contributed by atoms with Gasteiger partial charge in [-0.1, -0.05) is 48.5 Å². The zero-order chi connectivity index (χ0) is 16.3. The van der Waals surface area contributed by atoms with Gasteiger partial charge in [0.15, 0.2) is 0 Å². The van der Waals surface area contributed by atoms with Crippen molar-refractivity contribution in [3.05, 3.63) is 70.8 Å². The first-order valence-corrected chi connectivity index (χ1v) is 8.40. The molecule has 0 spiro atoms. The number of hydrogen-bond donors (Lipinski definition) is 0. The molecule has 2 heteroatoms. The number of fused-ring (bicyclic) bond motifs is 2. The van der Waals surface area contributed by atoms with Crippen molar-refractivity contribution >= 4 is 0 Å². The number of rotatable bonds is 4. The first-order chi connectivity index (χ1) is 11.2. The summed E-state index contributed by atoms with van der Waals surface area (Å²) < 4.78 is 0. The van der Waals surface area contributed by atoms with Crippen LogP contribution in [-0.4, -0.2) is 25.5 Å². The molecule has 2 aromatic rings. The molecule has 0 bridgehead atoms. The summed E-state index contributed by atoms with van der Waals surface area (Å²) in [5, 5.41) is 10.3. The van der Waals surface area contributed by atoms with Gasteiger partial charge in [-0.05, 0) is 68.6 Å². The van der Waals surface area contributed by atoms with Gasteiger partial charge in [0.1, 0.15) is 5.41 Å². The van der Waals surface area contributed by atoms with Gasteiger partial charge in [-0.3, -0.25) is 0 Å². The van der Waals surface area contributed by atoms with Gasteiger partial charge in [0.2, 0.25) is 0 Å². The van der Waals surface area contributed by atoms with E-state index in [0.29, 0.717) is 0 Å². The maximum atomic E-state index is 10.3. The molecule has 0 aromatic heterocycles. The molecule has 2 aromatic carbocycles. The molecule has 23 heavy (non-hydrogen) atoms. The molecule has 0 radical (unpaired) electrons. The van der Waals surface area contributed by atoms with Crippen LogP contribution in [0.1, 0.15) is 35.1 Å². The number of nitriles is 1. The van der Waals surface area contributed by atoms with Gasteiger partial charge in [0, 0.05) is 0 Å². The highest BCUT2D eigenvalue weighted by Crippen LogP contribution is 2.42. The van der Waals surface area contributed by atoms with Crippen LogP contribution >= 0.6 is 0 Å². The standard InChI is InChI=1S/C21H24N2/c1-23(2)15-7-14-21(16-22)19-10-5-3-8-17(19)12-13-18-9-4-6-11-20(18)21/h3-6,8-11H,7,12-15H2,1-2H3. The van der Waals surface area contributed by atoms with Crippen molar-refractivity contribution in [1.29, 1.82) is 5.26 Å². The van der Waals surface area contributed by atoms with Gasteiger partial charge >= 0.3 is 0 Å². The monoisotopic (exact) mass is 304 g/mol. The second-order valence-corrected chi connectivity index (χ2v) is 6.74. The van der Waals surface area contributed by atoms with E-state index in [0.717, 1.165) is 32.2 Å². The van der Waals surface area contributed by atoms with Crippen molar-refractivity contribution in [3.8, 4) is 6.07 Å². The fourth-order valence-corrected chi connectivity index (χ4v) is 3.83. The third-order valence-electron chi connectivity index (χ3n) is 4.97. The van der Waals surface area contributed by atoms with E-state index in [1.54, 1.807) is 0 Å². The quantitative estimate of drug-likeness (QED) is 0.855. The number of nitrogens with zero attached hydrogens (tertiary/aromatic N) is 2. The van der Waals surface area contributed by atoms with Crippen LogP contribution in [0.4, 0.5) is 0 Å². The van der Waals surface area contributed by atoms with E-state index in [9.17, 15) is 5.26 Å². The second kappa shape index (κ2) is 6.56. The van der Waals surface area contributed by atoms with Crippen LogP contribution in [0.3, 0.4) is 0 Å². The molecular formula is C21H24N2. The molecule has 0 saturated heterocycles. The highest BCUT2D eigenvalue weighted by atomic mass is 15.0. The summed E-state index contributed by atoms with van der Waals surface area (Å²) in [7, 11) is 4.18. The molecule has 0 aliphatic heterocycles. The van der Waals surface area contributed by atoms with Crippen molar-refractivity contribution in [2.75, 3.05) is 20.6 Å². The Morgan fingerprint density at radius 2 is 1.48 bits per heavy atom. The highest BCUT2D eigenvalue weighted by molar-refractivity contribution is 5.54. The van der Waals surface area contributed by atoms with Gasteiger partial charge in [-0.15, -0.1) is 0 Å². The predicted molar refractivity (Wildman–Crippen MR) is 94.5 cm³/mol. The van der Waals surface area contributed by atoms with E-state index in [1.165, 1.54) is 22.3 Å². The Morgan fingerprint density at radius 1 is 0.957 bits per heavy atom. The van der Waals surface area contributed by atoms with E-state index in [1.807, 2.05) is 0 Å². The Morgan fingerprint density at radius 3 is 1.96 bits per heavy atom. The molecule has 1 aliphatic rings. The van der Waals surface area contributed by atoms with Crippen LogP contribution in [0, 0.1) is 11.3 Å². The van der Waals surface area contributed by atoms with Gasteiger partial charge in [0.25, 0.3) is 0 Å². The van der Waals surface area contributed by atoms with Crippen molar-refractivity contribution in [2.45, 2.75) is 31.1 Å². The molecule has 118 valence electrons. The van der Waals surface area contributed by atoms with Crippen molar-refractivity contribution in [3.63, 3.8) is 0 Å². The summed E-state index contributed by atoms with van der Waals surface area (Å²) in [5.41, 5.74) is 4.57. The van der Waals surface area contributed by atoms with E-state index in [-0.39, 0.29) is 0 Å². The van der Waals surface area contributed by atoms with E-state index < -0.39 is 5.41 Å². The van der Waals surface area contributed by atoms with Crippen molar-refractivity contribution in [1.82, 2.24) is 4.90 Å². The average Bonchev–Trinajstić information content (AvgIpc) is 2.71. The van der Waals surface area contributed by atoms with E-state index in [4.69, 9.17) is 0 Å². The fraction of sp³-hybridized carbons (Fsp3) is 0.381. The summed E-state index contributed by atoms with van der Waals surface area (Å²) >= 11 is 0. The lowest BCUT2D eigenvalue weighted by Crippen LogP contribution is -2.29. The summed E-state index contributed by atoms with van der Waals surface area (Å²) in [6, 6.07) is 19.8. The molecule has 0 N–H and O–H groups in total. The van der Waals surface area contributed by atoms with Crippen LogP contribution in [0.5, 0.6) is 0 Å². The Labute approximate surface area is 139 Å². The minimum atomic E-state index is -0.514. The lowest BCUT2D eigenvalue weighted by Gasteiger charge is -2.30. The number of hydrogen-bond acceptors (Lipinski definition) is 2. The molecular weight excluding hydrogens is 280 g/mol. The van der Waals surface area contributed by atoms with Crippen LogP contribution in [0.25, 0.3) is 0 Å². The lowest BCUT2D eigenvalue weighted by molar-refractivity contribution is 0.379. The summed E-state index contributed by atoms with van der Waals surface area (Å²) in [6.07, 6.45) is 3.92. The van der Waals surface area contributed by atoms with Crippen LogP contribution in [0.15, 0.2) is 48.5 Å². The lowest BCUT2D eigenvalue weighted by atomic mass is 9.70. The maximum Gasteiger partial charge on any atom is 0.108 e. The van der Waals surface area contributed by atoms with Crippen LogP contribution in [0.2, 0.25) is 0 Å². The van der Waals surface area contributed by atoms with Crippen molar-refractivity contribution < 1.29 is 0 Å². The van der Waals surface area contributed by atoms with Gasteiger partial charge in [-0.2, -0.15) is 5.26 Å². The van der Waals surface area contributed by atoms with Crippen molar-refractivity contribution in [2.24, 2.45) is 0 Å². The molecule has 0 atom stereocenters. The van der Waals surface area contributed by atoms with Gasteiger partial charge in [0.05, 0.1) is 6.07 Å². The van der Waals surface area contributed by atoms with Crippen LogP contribution in [-0.2, 0) is 18.3 Å². The zero-order valence-corrected chi connectivity index (χ0v) is 14.0. The fourth-order valence-electron chi connectivity index (χ4n) is 3.83. The normalized spacial score (nSPS) is 15.4. The predicted octanol–water partition coefficient (Wildman–Crippen LogP) is 3.94. The number of benzene rings is 2. The Hall–Kier alpha value is -2.11. The minimum Gasteiger partial charge on any atom is -0.309 e. The molecule has 0 fully saturated rings. The molecule has 0 saturated carbocycles. The zero-order valence-electron chi connectivity index (χ0n) is 14.0. The van der Waals surface area contributed by atoms with Crippen LogP contribution < -0.4 is 0 Å². The SMILES string of the molecule is CN(C)CCCC1(C#N)c2ccccc2CCc2ccccc21. The minimum absolute atomic E-state index is 0.514. The first-order valence-electron chi connectivity index (χ1n) is 8.40. The first kappa shape index (κ1) is 15.8. The Kier molecular flexibility index (Phi) is 4.50. The molecule has 3 rings (SSSR count). The average molecular weight is 304 g/mol. The molecule has 1 aliphatic carbocycles. The molecule has 0 unspecified atom stereocenters. The third kappa shape index (κ3) is 2.90. The highest BCUT2D eigenvalue weighted by Gasteiger charge is 2.38. The molecule has 2 nitrogen and oxygen atoms in total. The number of aryl methyl sites for hydroxylation is 2. The topological polar surface area (TPSA) is 27.0 Å². The summed E-state index contributed by atoms with van der Waals surface area (Å²) in [4.78, 5) is 2.19. The van der Waals surface area contributed by atoms with Gasteiger partial charge < -0.3 is 4.90 Å². The smallest absolute Gasteiger partial charge is 0.108 e. The summed E-state index contributed by atoms with van der Waals surface area (Å²) in [6.45, 7) is 1.01.